The Morgan fingerprint density at radius 2 is 1.36 bits per heavy atom. The largest absolute Gasteiger partial charge is 0.356 e. The van der Waals surface area contributed by atoms with E-state index in [0.717, 1.165) is 6.42 Å². The van der Waals surface area contributed by atoms with Crippen molar-refractivity contribution >= 4 is 17.7 Å². The first-order valence-corrected chi connectivity index (χ1v) is 7.39. The number of carbonyl (C=O) groups is 3. The highest BCUT2D eigenvalue weighted by Crippen LogP contribution is 1.98. The van der Waals surface area contributed by atoms with Crippen molar-refractivity contribution in [3.63, 3.8) is 0 Å². The van der Waals surface area contributed by atoms with Crippen molar-refractivity contribution in [2.24, 2.45) is 0 Å². The van der Waals surface area contributed by atoms with Gasteiger partial charge in [0.15, 0.2) is 0 Å². The van der Waals surface area contributed by atoms with Crippen LogP contribution in [0.3, 0.4) is 0 Å². The number of amides is 3. The third-order valence-electron chi connectivity index (χ3n) is 2.98. The van der Waals surface area contributed by atoms with Crippen molar-refractivity contribution in [1.82, 2.24) is 16.0 Å². The first-order valence-electron chi connectivity index (χ1n) is 7.39. The lowest BCUT2D eigenvalue weighted by molar-refractivity contribution is -0.122. The third-order valence-corrected chi connectivity index (χ3v) is 2.98. The highest BCUT2D eigenvalue weighted by molar-refractivity contribution is 5.79. The van der Waals surface area contributed by atoms with E-state index in [-0.39, 0.29) is 30.6 Å². The highest BCUT2D eigenvalue weighted by atomic mass is 16.2. The normalized spacial score (nSPS) is 9.86. The number of nitrogens with one attached hydrogen (secondary N) is 3. The predicted molar refractivity (Wildman–Crippen MR) is 84.1 cm³/mol. The lowest BCUT2D eigenvalue weighted by Gasteiger charge is -2.07. The molecule has 0 aliphatic heterocycles. The number of carbonyl (C=O) groups excluding carboxylic acids is 3. The molecular formula is C16H23N3O3. The van der Waals surface area contributed by atoms with Gasteiger partial charge in [-0.1, -0.05) is 30.3 Å². The smallest absolute Gasteiger partial charge is 0.221 e. The molecule has 0 fully saturated rings. The van der Waals surface area contributed by atoms with Crippen LogP contribution in [0.2, 0.25) is 0 Å². The van der Waals surface area contributed by atoms with Gasteiger partial charge in [0.1, 0.15) is 0 Å². The van der Waals surface area contributed by atoms with E-state index >= 15 is 0 Å². The average molecular weight is 305 g/mol. The second kappa shape index (κ2) is 10.4. The molecule has 0 heterocycles. The molecule has 120 valence electrons. The van der Waals surface area contributed by atoms with Crippen molar-refractivity contribution < 1.29 is 14.4 Å². The Labute approximate surface area is 130 Å². The van der Waals surface area contributed by atoms with E-state index in [1.165, 1.54) is 12.5 Å². The number of rotatable bonds is 9. The zero-order valence-corrected chi connectivity index (χ0v) is 12.9. The summed E-state index contributed by atoms with van der Waals surface area (Å²) in [5, 5.41) is 8.00. The van der Waals surface area contributed by atoms with Crippen molar-refractivity contribution in [2.75, 3.05) is 19.6 Å². The quantitative estimate of drug-likeness (QED) is 0.616. The van der Waals surface area contributed by atoms with Gasteiger partial charge in [0.25, 0.3) is 0 Å². The van der Waals surface area contributed by atoms with Crippen molar-refractivity contribution in [1.29, 1.82) is 0 Å². The molecule has 0 aliphatic carbocycles. The second-order valence-corrected chi connectivity index (χ2v) is 4.92. The fourth-order valence-corrected chi connectivity index (χ4v) is 1.84. The van der Waals surface area contributed by atoms with Gasteiger partial charge in [0.05, 0.1) is 0 Å². The van der Waals surface area contributed by atoms with Crippen LogP contribution < -0.4 is 16.0 Å². The van der Waals surface area contributed by atoms with Crippen molar-refractivity contribution in [3.8, 4) is 0 Å². The van der Waals surface area contributed by atoms with Gasteiger partial charge in [-0.05, 0) is 12.0 Å². The standard InChI is InChI=1S/C16H23N3O3/c1-13(20)17-11-8-15(21)19-12-9-16(22)18-10-7-14-5-3-2-4-6-14/h2-6H,7-12H2,1H3,(H,17,20)(H,18,22)(H,19,21). The van der Waals surface area contributed by atoms with Crippen LogP contribution in [-0.2, 0) is 20.8 Å². The molecule has 0 spiro atoms. The molecule has 0 radical (unpaired) electrons. The Balaban J connectivity index is 2.03. The molecule has 0 unspecified atom stereocenters. The van der Waals surface area contributed by atoms with Crippen LogP contribution in [0.15, 0.2) is 30.3 Å². The Morgan fingerprint density at radius 1 is 0.818 bits per heavy atom. The van der Waals surface area contributed by atoms with E-state index in [0.29, 0.717) is 19.6 Å². The number of benzene rings is 1. The SMILES string of the molecule is CC(=O)NCCC(=O)NCCC(=O)NCCc1ccccc1. The Kier molecular flexibility index (Phi) is 8.33. The van der Waals surface area contributed by atoms with Crippen LogP contribution in [0, 0.1) is 0 Å². The second-order valence-electron chi connectivity index (χ2n) is 4.92. The minimum absolute atomic E-state index is 0.0851. The predicted octanol–water partition coefficient (Wildman–Crippen LogP) is 0.378. The fraction of sp³-hybridized carbons (Fsp3) is 0.438. The lowest BCUT2D eigenvalue weighted by Crippen LogP contribution is -2.33. The maximum Gasteiger partial charge on any atom is 0.221 e. The molecule has 3 N–H and O–H groups in total. The van der Waals surface area contributed by atoms with Crippen LogP contribution in [0.25, 0.3) is 0 Å². The van der Waals surface area contributed by atoms with Crippen LogP contribution in [0.5, 0.6) is 0 Å². The summed E-state index contributed by atoms with van der Waals surface area (Å²) in [5.74, 6) is -0.422. The molecule has 0 bridgehead atoms. The summed E-state index contributed by atoms with van der Waals surface area (Å²) in [6, 6.07) is 9.92. The molecule has 0 saturated carbocycles. The Bertz CT molecular complexity index is 489. The summed E-state index contributed by atoms with van der Waals surface area (Å²) in [6.45, 7) is 2.59. The van der Waals surface area contributed by atoms with E-state index in [4.69, 9.17) is 0 Å². The van der Waals surface area contributed by atoms with Crippen LogP contribution >= 0.6 is 0 Å². The molecule has 1 aromatic carbocycles. The first kappa shape index (κ1) is 17.7. The molecule has 0 atom stereocenters. The molecule has 6 nitrogen and oxygen atoms in total. The van der Waals surface area contributed by atoms with E-state index < -0.39 is 0 Å². The van der Waals surface area contributed by atoms with Gasteiger partial charge in [0.2, 0.25) is 17.7 Å². The van der Waals surface area contributed by atoms with Gasteiger partial charge in [-0.2, -0.15) is 0 Å². The first-order chi connectivity index (χ1) is 10.6. The minimum Gasteiger partial charge on any atom is -0.356 e. The fourth-order valence-electron chi connectivity index (χ4n) is 1.84. The molecule has 1 aromatic rings. The minimum atomic E-state index is -0.175. The average Bonchev–Trinajstić information content (AvgIpc) is 2.48. The van der Waals surface area contributed by atoms with Gasteiger partial charge >= 0.3 is 0 Å². The molecule has 0 saturated heterocycles. The zero-order valence-electron chi connectivity index (χ0n) is 12.9. The van der Waals surface area contributed by atoms with E-state index in [1.54, 1.807) is 0 Å². The number of hydrogen-bond acceptors (Lipinski definition) is 3. The molecule has 0 aromatic heterocycles. The summed E-state index contributed by atoms with van der Waals surface area (Å²) in [6.07, 6.45) is 1.26. The maximum absolute atomic E-state index is 11.6. The monoisotopic (exact) mass is 305 g/mol. The summed E-state index contributed by atoms with van der Waals surface area (Å²) in [4.78, 5) is 33.6. The summed E-state index contributed by atoms with van der Waals surface area (Å²) >= 11 is 0. The van der Waals surface area contributed by atoms with Crippen LogP contribution in [0.4, 0.5) is 0 Å². The number of hydrogen-bond donors (Lipinski definition) is 3. The van der Waals surface area contributed by atoms with E-state index in [2.05, 4.69) is 16.0 Å². The lowest BCUT2D eigenvalue weighted by atomic mass is 10.1. The maximum atomic E-state index is 11.6. The summed E-state index contributed by atoms with van der Waals surface area (Å²) < 4.78 is 0. The summed E-state index contributed by atoms with van der Waals surface area (Å²) in [5.41, 5.74) is 1.18. The van der Waals surface area contributed by atoms with E-state index in [9.17, 15) is 14.4 Å². The summed E-state index contributed by atoms with van der Waals surface area (Å²) in [7, 11) is 0. The van der Waals surface area contributed by atoms with Gasteiger partial charge < -0.3 is 16.0 Å². The Morgan fingerprint density at radius 3 is 1.95 bits per heavy atom. The van der Waals surface area contributed by atoms with Gasteiger partial charge in [-0.3, -0.25) is 14.4 Å². The van der Waals surface area contributed by atoms with Gasteiger partial charge in [-0.15, -0.1) is 0 Å². The van der Waals surface area contributed by atoms with Gasteiger partial charge in [-0.25, -0.2) is 0 Å². The molecule has 1 rings (SSSR count). The molecule has 22 heavy (non-hydrogen) atoms. The van der Waals surface area contributed by atoms with Crippen LogP contribution in [0.1, 0.15) is 25.3 Å². The third kappa shape index (κ3) is 8.73. The zero-order chi connectivity index (χ0) is 16.2. The molecular weight excluding hydrogens is 282 g/mol. The van der Waals surface area contributed by atoms with Crippen molar-refractivity contribution in [3.05, 3.63) is 35.9 Å². The van der Waals surface area contributed by atoms with Crippen LogP contribution in [-0.4, -0.2) is 37.4 Å². The topological polar surface area (TPSA) is 87.3 Å². The Hall–Kier alpha value is -2.37. The van der Waals surface area contributed by atoms with Gasteiger partial charge in [0, 0.05) is 39.4 Å². The highest BCUT2D eigenvalue weighted by Gasteiger charge is 2.04. The van der Waals surface area contributed by atoms with E-state index in [1.807, 2.05) is 30.3 Å². The molecule has 6 heteroatoms. The molecule has 0 aliphatic rings. The molecule has 3 amide bonds. The van der Waals surface area contributed by atoms with Crippen molar-refractivity contribution in [2.45, 2.75) is 26.2 Å².